The van der Waals surface area contributed by atoms with Gasteiger partial charge in [0, 0.05) is 11.9 Å². The first-order chi connectivity index (χ1) is 6.59. The van der Waals surface area contributed by atoms with Gasteiger partial charge in [-0.05, 0) is 6.07 Å². The topological polar surface area (TPSA) is 50.2 Å². The van der Waals surface area contributed by atoms with Gasteiger partial charge in [0.05, 0.1) is 16.5 Å². The zero-order valence-corrected chi connectivity index (χ0v) is 9.36. The highest BCUT2D eigenvalue weighted by Crippen LogP contribution is 2.27. The summed E-state index contributed by atoms with van der Waals surface area (Å²) in [4.78, 5) is 14.2. The summed E-state index contributed by atoms with van der Waals surface area (Å²) < 4.78 is 0. The highest BCUT2D eigenvalue weighted by molar-refractivity contribution is 7.99. The van der Waals surface area contributed by atoms with Crippen molar-refractivity contribution in [1.29, 1.82) is 0 Å². The lowest BCUT2D eigenvalue weighted by molar-refractivity contribution is -0.136. The zero-order chi connectivity index (χ0) is 10.6. The normalized spacial score (nSPS) is 10.1. The van der Waals surface area contributed by atoms with Gasteiger partial charge in [-0.25, -0.2) is 4.98 Å². The van der Waals surface area contributed by atoms with Crippen molar-refractivity contribution in [3.05, 3.63) is 22.3 Å². The molecule has 0 atom stereocenters. The minimum atomic E-state index is -0.831. The van der Waals surface area contributed by atoms with Crippen LogP contribution >= 0.6 is 35.0 Å². The molecule has 0 aliphatic rings. The van der Waals surface area contributed by atoms with E-state index in [1.165, 1.54) is 18.0 Å². The number of aromatic nitrogens is 1. The van der Waals surface area contributed by atoms with Gasteiger partial charge < -0.3 is 5.11 Å². The van der Waals surface area contributed by atoms with Crippen LogP contribution < -0.4 is 0 Å². The highest BCUT2D eigenvalue weighted by Gasteiger charge is 2.04. The average molecular weight is 252 g/mol. The number of aliphatic carboxylic acids is 1. The van der Waals surface area contributed by atoms with E-state index in [1.54, 1.807) is 6.07 Å². The van der Waals surface area contributed by atoms with Crippen molar-refractivity contribution < 1.29 is 9.90 Å². The molecule has 1 N–H and O–H groups in total. The Bertz CT molecular complexity index is 346. The fourth-order valence-electron chi connectivity index (χ4n) is 0.743. The molecule has 0 aliphatic carbocycles. The first-order valence-electron chi connectivity index (χ1n) is 3.75. The fraction of sp³-hybridized carbons (Fsp3) is 0.250. The molecule has 0 aromatic carbocycles. The van der Waals surface area contributed by atoms with E-state index >= 15 is 0 Å². The Kier molecular flexibility index (Phi) is 4.51. The third-order valence-electron chi connectivity index (χ3n) is 1.33. The van der Waals surface area contributed by atoms with Crippen molar-refractivity contribution in [1.82, 2.24) is 4.98 Å². The number of carbonyl (C=O) groups is 1. The maximum absolute atomic E-state index is 10.2. The smallest absolute Gasteiger partial charge is 0.304 e. The number of halogens is 2. The molecule has 1 heterocycles. The Morgan fingerprint density at radius 2 is 2.29 bits per heavy atom. The van der Waals surface area contributed by atoms with Crippen molar-refractivity contribution in [2.45, 2.75) is 11.4 Å². The molecule has 0 aliphatic heterocycles. The number of hydrogen-bond acceptors (Lipinski definition) is 3. The molecule has 1 aromatic rings. The summed E-state index contributed by atoms with van der Waals surface area (Å²) in [6, 6.07) is 1.58. The monoisotopic (exact) mass is 251 g/mol. The number of nitrogens with zero attached hydrogens (tertiary/aromatic N) is 1. The number of thioether (sulfide) groups is 1. The van der Waals surface area contributed by atoms with E-state index in [-0.39, 0.29) is 6.42 Å². The third-order valence-corrected chi connectivity index (χ3v) is 2.94. The summed E-state index contributed by atoms with van der Waals surface area (Å²) >= 11 is 12.8. The molecule has 0 saturated heterocycles. The lowest BCUT2D eigenvalue weighted by Crippen LogP contribution is -1.96. The molecule has 0 unspecified atom stereocenters. The number of pyridine rings is 1. The Morgan fingerprint density at radius 1 is 1.57 bits per heavy atom. The standard InChI is InChI=1S/C8H7Cl2NO2S/c9-5-3-6(10)8(11-4-5)14-2-1-7(12)13/h3-4H,1-2H2,(H,12,13). The summed E-state index contributed by atoms with van der Waals surface area (Å²) in [5.41, 5.74) is 0. The Hall–Kier alpha value is -0.450. The Labute approximate surface area is 95.4 Å². The van der Waals surface area contributed by atoms with E-state index in [1.807, 2.05) is 0 Å². The van der Waals surface area contributed by atoms with Crippen LogP contribution in [0.4, 0.5) is 0 Å². The number of carboxylic acid groups (broad SMARTS) is 1. The summed E-state index contributed by atoms with van der Waals surface area (Å²) in [6.45, 7) is 0. The van der Waals surface area contributed by atoms with Gasteiger partial charge in [-0.15, -0.1) is 11.8 Å². The minimum Gasteiger partial charge on any atom is -0.481 e. The maximum atomic E-state index is 10.2. The Morgan fingerprint density at radius 3 is 2.86 bits per heavy atom. The van der Waals surface area contributed by atoms with Crippen LogP contribution in [0.15, 0.2) is 17.3 Å². The van der Waals surface area contributed by atoms with Crippen molar-refractivity contribution in [3.8, 4) is 0 Å². The minimum absolute atomic E-state index is 0.0886. The molecule has 0 saturated carbocycles. The molecule has 0 fully saturated rings. The van der Waals surface area contributed by atoms with Crippen LogP contribution in [0.3, 0.4) is 0 Å². The second-order valence-electron chi connectivity index (χ2n) is 2.43. The molecule has 0 radical (unpaired) electrons. The zero-order valence-electron chi connectivity index (χ0n) is 7.04. The van der Waals surface area contributed by atoms with E-state index in [4.69, 9.17) is 28.3 Å². The largest absolute Gasteiger partial charge is 0.481 e. The quantitative estimate of drug-likeness (QED) is 0.837. The van der Waals surface area contributed by atoms with Gasteiger partial charge in [-0.2, -0.15) is 0 Å². The van der Waals surface area contributed by atoms with Gasteiger partial charge in [-0.1, -0.05) is 23.2 Å². The summed E-state index contributed by atoms with van der Waals surface area (Å²) in [7, 11) is 0. The second kappa shape index (κ2) is 5.44. The molecule has 14 heavy (non-hydrogen) atoms. The molecule has 0 bridgehead atoms. The first kappa shape index (κ1) is 11.6. The average Bonchev–Trinajstić information content (AvgIpc) is 2.08. The van der Waals surface area contributed by atoms with Crippen LogP contribution in [0, 0.1) is 0 Å². The lowest BCUT2D eigenvalue weighted by atomic mass is 10.5. The molecule has 6 heteroatoms. The van der Waals surface area contributed by atoms with E-state index < -0.39 is 5.97 Å². The van der Waals surface area contributed by atoms with Crippen molar-refractivity contribution >= 4 is 40.9 Å². The van der Waals surface area contributed by atoms with E-state index in [9.17, 15) is 4.79 Å². The van der Waals surface area contributed by atoms with Crippen LogP contribution in [-0.4, -0.2) is 21.8 Å². The summed E-state index contributed by atoms with van der Waals surface area (Å²) in [5.74, 6) is -0.383. The van der Waals surface area contributed by atoms with E-state index in [2.05, 4.69) is 4.98 Å². The molecular formula is C8H7Cl2NO2S. The SMILES string of the molecule is O=C(O)CCSc1ncc(Cl)cc1Cl. The van der Waals surface area contributed by atoms with Crippen LogP contribution in [0.1, 0.15) is 6.42 Å². The van der Waals surface area contributed by atoms with E-state index in [0.717, 1.165) is 0 Å². The van der Waals surface area contributed by atoms with Crippen molar-refractivity contribution in [2.24, 2.45) is 0 Å². The third kappa shape index (κ3) is 3.74. The molecule has 76 valence electrons. The predicted molar refractivity (Wildman–Crippen MR) is 57.2 cm³/mol. The lowest BCUT2D eigenvalue weighted by Gasteiger charge is -2.01. The Balaban J connectivity index is 2.55. The van der Waals surface area contributed by atoms with Crippen LogP contribution in [0.5, 0.6) is 0 Å². The van der Waals surface area contributed by atoms with Gasteiger partial charge in [-0.3, -0.25) is 4.79 Å². The molecule has 0 amide bonds. The van der Waals surface area contributed by atoms with Gasteiger partial charge >= 0.3 is 5.97 Å². The van der Waals surface area contributed by atoms with Crippen LogP contribution in [0.25, 0.3) is 0 Å². The van der Waals surface area contributed by atoms with Crippen molar-refractivity contribution in [2.75, 3.05) is 5.75 Å². The highest BCUT2D eigenvalue weighted by atomic mass is 35.5. The first-order valence-corrected chi connectivity index (χ1v) is 5.49. The molecule has 3 nitrogen and oxygen atoms in total. The second-order valence-corrected chi connectivity index (χ2v) is 4.36. The van der Waals surface area contributed by atoms with Crippen LogP contribution in [-0.2, 0) is 4.79 Å². The molecular weight excluding hydrogens is 245 g/mol. The van der Waals surface area contributed by atoms with Gasteiger partial charge in [0.1, 0.15) is 5.03 Å². The van der Waals surface area contributed by atoms with Gasteiger partial charge in [0.2, 0.25) is 0 Å². The summed E-state index contributed by atoms with van der Waals surface area (Å²) in [5, 5.41) is 9.95. The van der Waals surface area contributed by atoms with Crippen LogP contribution in [0.2, 0.25) is 10.0 Å². The maximum Gasteiger partial charge on any atom is 0.304 e. The number of rotatable bonds is 4. The van der Waals surface area contributed by atoms with Gasteiger partial charge in [0.15, 0.2) is 0 Å². The fourth-order valence-corrected chi connectivity index (χ4v) is 2.08. The van der Waals surface area contributed by atoms with Gasteiger partial charge in [0.25, 0.3) is 0 Å². The predicted octanol–water partition coefficient (Wildman–Crippen LogP) is 2.96. The number of carboxylic acids is 1. The summed E-state index contributed by atoms with van der Waals surface area (Å²) in [6.07, 6.45) is 1.57. The molecule has 0 spiro atoms. The molecule has 1 aromatic heterocycles. The number of hydrogen-bond donors (Lipinski definition) is 1. The van der Waals surface area contributed by atoms with E-state index in [0.29, 0.717) is 20.8 Å². The van der Waals surface area contributed by atoms with Crippen molar-refractivity contribution in [3.63, 3.8) is 0 Å². The molecule has 1 rings (SSSR count).